The van der Waals surface area contributed by atoms with E-state index >= 15 is 0 Å². The first-order valence-electron chi connectivity index (χ1n) is 5.79. The second kappa shape index (κ2) is 5.86. The summed E-state index contributed by atoms with van der Waals surface area (Å²) in [6.45, 7) is 0. The van der Waals surface area contributed by atoms with Gasteiger partial charge in [-0.15, -0.1) is 0 Å². The molecule has 0 bridgehead atoms. The molecule has 96 valence electrons. The Labute approximate surface area is 110 Å². The maximum Gasteiger partial charge on any atom is 0.269 e. The lowest BCUT2D eigenvalue weighted by molar-refractivity contribution is -0.384. The Morgan fingerprint density at radius 2 is 2.00 bits per heavy atom. The number of rotatable bonds is 5. The number of aromatic nitrogens is 1. The Morgan fingerprint density at radius 1 is 1.26 bits per heavy atom. The van der Waals surface area contributed by atoms with Gasteiger partial charge in [-0.05, 0) is 29.7 Å². The number of aldehydes is 1. The number of non-ortho nitro benzene ring substituents is 1. The molecule has 0 aliphatic rings. The van der Waals surface area contributed by atoms with Gasteiger partial charge in [0, 0.05) is 30.4 Å². The summed E-state index contributed by atoms with van der Waals surface area (Å²) in [5.74, 6) is -0.387. The molecule has 0 saturated carbocycles. The third kappa shape index (κ3) is 3.22. The van der Waals surface area contributed by atoms with Crippen LogP contribution in [0.25, 0.3) is 0 Å². The predicted molar refractivity (Wildman–Crippen MR) is 69.8 cm³/mol. The van der Waals surface area contributed by atoms with E-state index in [9.17, 15) is 14.9 Å². The summed E-state index contributed by atoms with van der Waals surface area (Å²) in [5, 5.41) is 10.7. The van der Waals surface area contributed by atoms with Crippen LogP contribution in [0.15, 0.2) is 48.8 Å². The number of nitrogens with zero attached hydrogens (tertiary/aromatic N) is 2. The van der Waals surface area contributed by atoms with Gasteiger partial charge in [0.15, 0.2) is 0 Å². The molecule has 0 amide bonds. The third-order valence-electron chi connectivity index (χ3n) is 2.88. The van der Waals surface area contributed by atoms with Crippen LogP contribution in [-0.4, -0.2) is 16.2 Å². The molecule has 0 radical (unpaired) electrons. The molecule has 0 aliphatic carbocycles. The van der Waals surface area contributed by atoms with Gasteiger partial charge in [0.25, 0.3) is 5.69 Å². The molecule has 0 aliphatic heterocycles. The van der Waals surface area contributed by atoms with Crippen LogP contribution < -0.4 is 0 Å². The normalized spacial score (nSPS) is 11.8. The highest BCUT2D eigenvalue weighted by Gasteiger charge is 2.14. The van der Waals surface area contributed by atoms with Crippen LogP contribution in [0, 0.1) is 10.1 Å². The van der Waals surface area contributed by atoms with Crippen molar-refractivity contribution in [3.63, 3.8) is 0 Å². The number of hydrogen-bond donors (Lipinski definition) is 0. The van der Waals surface area contributed by atoms with E-state index < -0.39 is 4.92 Å². The van der Waals surface area contributed by atoms with Gasteiger partial charge in [-0.3, -0.25) is 15.1 Å². The van der Waals surface area contributed by atoms with Crippen molar-refractivity contribution in [3.05, 3.63) is 70.0 Å². The van der Waals surface area contributed by atoms with Crippen molar-refractivity contribution in [1.82, 2.24) is 4.98 Å². The van der Waals surface area contributed by atoms with Crippen molar-refractivity contribution < 1.29 is 9.72 Å². The van der Waals surface area contributed by atoms with E-state index in [1.165, 1.54) is 12.1 Å². The van der Waals surface area contributed by atoms with Crippen LogP contribution in [0.4, 0.5) is 5.69 Å². The maximum atomic E-state index is 11.2. The summed E-state index contributed by atoms with van der Waals surface area (Å²) in [6, 6.07) is 9.84. The zero-order valence-electron chi connectivity index (χ0n) is 10.1. The molecule has 1 unspecified atom stereocenters. The van der Waals surface area contributed by atoms with Gasteiger partial charge < -0.3 is 4.79 Å². The van der Waals surface area contributed by atoms with E-state index in [0.29, 0.717) is 12.0 Å². The van der Waals surface area contributed by atoms with Crippen molar-refractivity contribution in [2.24, 2.45) is 0 Å². The van der Waals surface area contributed by atoms with Crippen LogP contribution in [0.1, 0.15) is 17.0 Å². The van der Waals surface area contributed by atoms with Gasteiger partial charge in [0.2, 0.25) is 0 Å². The molecule has 19 heavy (non-hydrogen) atoms. The lowest BCUT2D eigenvalue weighted by atomic mass is 9.93. The Balaban J connectivity index is 2.24. The Bertz CT molecular complexity index is 584. The minimum Gasteiger partial charge on any atom is -0.303 e. The molecule has 0 saturated heterocycles. The summed E-state index contributed by atoms with van der Waals surface area (Å²) in [5.41, 5.74) is 1.62. The fraction of sp³-hybridized carbons (Fsp3) is 0.143. The van der Waals surface area contributed by atoms with E-state index in [4.69, 9.17) is 0 Å². The summed E-state index contributed by atoms with van der Waals surface area (Å²) in [7, 11) is 0. The molecule has 1 aromatic carbocycles. The number of nitro groups is 1. The monoisotopic (exact) mass is 256 g/mol. The minimum absolute atomic E-state index is 0.000853. The third-order valence-corrected chi connectivity index (χ3v) is 2.88. The highest BCUT2D eigenvalue weighted by atomic mass is 16.6. The number of pyridine rings is 1. The van der Waals surface area contributed by atoms with E-state index in [-0.39, 0.29) is 11.6 Å². The lowest BCUT2D eigenvalue weighted by Gasteiger charge is -2.10. The molecule has 0 spiro atoms. The van der Waals surface area contributed by atoms with E-state index in [2.05, 4.69) is 4.98 Å². The average molecular weight is 256 g/mol. The molecule has 2 rings (SSSR count). The Morgan fingerprint density at radius 3 is 2.63 bits per heavy atom. The first-order valence-corrected chi connectivity index (χ1v) is 5.79. The second-order valence-electron chi connectivity index (χ2n) is 4.15. The molecule has 0 fully saturated rings. The lowest BCUT2D eigenvalue weighted by Crippen LogP contribution is -2.05. The second-order valence-corrected chi connectivity index (χ2v) is 4.15. The van der Waals surface area contributed by atoms with Gasteiger partial charge in [0.05, 0.1) is 4.92 Å². The quantitative estimate of drug-likeness (QED) is 0.468. The number of hydrogen-bond acceptors (Lipinski definition) is 4. The van der Waals surface area contributed by atoms with Crippen molar-refractivity contribution >= 4 is 12.0 Å². The van der Waals surface area contributed by atoms with Gasteiger partial charge in [-0.1, -0.05) is 12.1 Å². The molecular weight excluding hydrogens is 244 g/mol. The molecule has 1 atom stereocenters. The zero-order chi connectivity index (χ0) is 13.7. The van der Waals surface area contributed by atoms with E-state index in [0.717, 1.165) is 11.8 Å². The number of carbonyl (C=O) groups is 1. The molecular formula is C14H12N2O3. The first kappa shape index (κ1) is 12.9. The topological polar surface area (TPSA) is 73.1 Å². The summed E-state index contributed by atoms with van der Waals surface area (Å²) >= 11 is 0. The number of nitro benzene ring substituents is 1. The predicted octanol–water partition coefficient (Wildman–Crippen LogP) is 2.52. The van der Waals surface area contributed by atoms with Crippen LogP contribution in [0.2, 0.25) is 0 Å². The fourth-order valence-corrected chi connectivity index (χ4v) is 1.89. The van der Waals surface area contributed by atoms with Crippen molar-refractivity contribution in [1.29, 1.82) is 0 Å². The van der Waals surface area contributed by atoms with Gasteiger partial charge in [-0.2, -0.15) is 0 Å². The van der Waals surface area contributed by atoms with Crippen LogP contribution in [0.3, 0.4) is 0 Å². The van der Waals surface area contributed by atoms with Crippen molar-refractivity contribution in [3.8, 4) is 0 Å². The van der Waals surface area contributed by atoms with Crippen molar-refractivity contribution in [2.45, 2.75) is 12.3 Å². The highest BCUT2D eigenvalue weighted by molar-refractivity contribution is 5.63. The minimum atomic E-state index is -0.461. The summed E-state index contributed by atoms with van der Waals surface area (Å²) in [4.78, 5) is 25.4. The summed E-state index contributed by atoms with van der Waals surface area (Å²) < 4.78 is 0. The molecule has 2 aromatic rings. The van der Waals surface area contributed by atoms with E-state index in [1.807, 2.05) is 12.1 Å². The van der Waals surface area contributed by atoms with Crippen LogP contribution in [-0.2, 0) is 11.2 Å². The summed E-state index contributed by atoms with van der Waals surface area (Å²) in [6.07, 6.45) is 4.64. The SMILES string of the molecule is O=CC(Cc1ccncc1)c1cccc([N+](=O)[O-])c1. The van der Waals surface area contributed by atoms with E-state index in [1.54, 1.807) is 24.5 Å². The van der Waals surface area contributed by atoms with Gasteiger partial charge in [0.1, 0.15) is 6.29 Å². The van der Waals surface area contributed by atoms with Crippen LogP contribution in [0.5, 0.6) is 0 Å². The maximum absolute atomic E-state index is 11.2. The standard InChI is InChI=1S/C14H12N2O3/c17-10-13(8-11-4-6-15-7-5-11)12-2-1-3-14(9-12)16(18)19/h1-7,9-10,13H,8H2. The molecule has 1 heterocycles. The highest BCUT2D eigenvalue weighted by Crippen LogP contribution is 2.22. The molecule has 1 aromatic heterocycles. The Kier molecular flexibility index (Phi) is 3.97. The largest absolute Gasteiger partial charge is 0.303 e. The smallest absolute Gasteiger partial charge is 0.269 e. The zero-order valence-corrected chi connectivity index (χ0v) is 10.1. The average Bonchev–Trinajstić information content (AvgIpc) is 2.46. The number of carbonyl (C=O) groups excluding carboxylic acids is 1. The Hall–Kier alpha value is -2.56. The fourth-order valence-electron chi connectivity index (χ4n) is 1.89. The first-order chi connectivity index (χ1) is 9.20. The number of benzene rings is 1. The van der Waals surface area contributed by atoms with Gasteiger partial charge in [-0.25, -0.2) is 0 Å². The molecule has 0 N–H and O–H groups in total. The van der Waals surface area contributed by atoms with Crippen molar-refractivity contribution in [2.75, 3.05) is 0 Å². The molecule has 5 nitrogen and oxygen atoms in total. The molecule has 5 heteroatoms. The van der Waals surface area contributed by atoms with Gasteiger partial charge >= 0.3 is 0 Å². The van der Waals surface area contributed by atoms with Crippen LogP contribution >= 0.6 is 0 Å².